The highest BCUT2D eigenvalue weighted by Gasteiger charge is 2.17. The molecule has 0 aliphatic heterocycles. The van der Waals surface area contributed by atoms with Crippen LogP contribution in [0.1, 0.15) is 26.3 Å². The summed E-state index contributed by atoms with van der Waals surface area (Å²) < 4.78 is 36.2. The van der Waals surface area contributed by atoms with E-state index in [0.717, 1.165) is 12.6 Å². The number of hydrogen-bond donors (Lipinski definition) is 2. The van der Waals surface area contributed by atoms with Gasteiger partial charge in [-0.25, -0.2) is 17.9 Å². The van der Waals surface area contributed by atoms with E-state index in [1.807, 2.05) is 6.92 Å². The van der Waals surface area contributed by atoms with Crippen LogP contribution in [-0.4, -0.2) is 21.0 Å². The lowest BCUT2D eigenvalue weighted by Gasteiger charge is -2.22. The van der Waals surface area contributed by atoms with Gasteiger partial charge in [0.1, 0.15) is 5.82 Å². The molecule has 0 aromatic heterocycles. The summed E-state index contributed by atoms with van der Waals surface area (Å²) in [6.07, 6.45) is 0.516. The molecule has 19 heavy (non-hydrogen) atoms. The number of nitrogens with two attached hydrogens (primary N) is 1. The Bertz CT molecular complexity index is 529. The van der Waals surface area contributed by atoms with Crippen LogP contribution in [0.2, 0.25) is 0 Å². The van der Waals surface area contributed by atoms with Crippen molar-refractivity contribution >= 4 is 10.0 Å². The Hall–Kier alpha value is -0.980. The third-order valence-corrected chi connectivity index (χ3v) is 3.97. The van der Waals surface area contributed by atoms with Crippen molar-refractivity contribution in [2.45, 2.75) is 38.1 Å². The average molecular weight is 288 g/mol. The van der Waals surface area contributed by atoms with Crippen molar-refractivity contribution in [3.63, 3.8) is 0 Å². The van der Waals surface area contributed by atoms with E-state index in [2.05, 4.69) is 19.2 Å². The van der Waals surface area contributed by atoms with Crippen molar-refractivity contribution in [3.05, 3.63) is 29.6 Å². The quantitative estimate of drug-likeness (QED) is 0.836. The fourth-order valence-corrected chi connectivity index (χ4v) is 2.44. The molecule has 0 fully saturated rings. The van der Waals surface area contributed by atoms with E-state index in [9.17, 15) is 12.8 Å². The summed E-state index contributed by atoms with van der Waals surface area (Å²) in [6.45, 7) is 6.92. The van der Waals surface area contributed by atoms with Gasteiger partial charge in [-0.2, -0.15) is 0 Å². The summed E-state index contributed by atoms with van der Waals surface area (Å²) in [4.78, 5) is -0.196. The first kappa shape index (κ1) is 16.1. The summed E-state index contributed by atoms with van der Waals surface area (Å²) in [6, 6.07) is 3.96. The van der Waals surface area contributed by atoms with E-state index >= 15 is 0 Å². The number of sulfonamides is 1. The molecule has 1 atom stereocenters. The van der Waals surface area contributed by atoms with Crippen LogP contribution in [0, 0.1) is 11.7 Å². The van der Waals surface area contributed by atoms with Gasteiger partial charge in [0, 0.05) is 6.04 Å². The number of likely N-dealkylation sites (N-methyl/N-ethyl adjacent to an activating group) is 1. The first-order valence-corrected chi connectivity index (χ1v) is 7.85. The normalized spacial score (nSPS) is 13.8. The molecule has 0 aliphatic carbocycles. The molecule has 1 unspecified atom stereocenters. The maximum Gasteiger partial charge on any atom is 0.238 e. The van der Waals surface area contributed by atoms with Crippen LogP contribution in [0.3, 0.4) is 0 Å². The molecule has 108 valence electrons. The van der Waals surface area contributed by atoms with Gasteiger partial charge in [0.25, 0.3) is 0 Å². The molecule has 0 bridgehead atoms. The molecule has 4 nitrogen and oxygen atoms in total. The Labute approximate surface area is 114 Å². The molecular formula is C13H21FN2O2S. The average Bonchev–Trinajstić information content (AvgIpc) is 2.29. The van der Waals surface area contributed by atoms with Gasteiger partial charge in [0.15, 0.2) is 0 Å². The highest BCUT2D eigenvalue weighted by molar-refractivity contribution is 7.89. The first-order valence-electron chi connectivity index (χ1n) is 6.30. The molecule has 1 aromatic carbocycles. The van der Waals surface area contributed by atoms with Gasteiger partial charge in [-0.3, -0.25) is 0 Å². The highest BCUT2D eigenvalue weighted by atomic mass is 32.2. The van der Waals surface area contributed by atoms with Crippen molar-refractivity contribution in [1.29, 1.82) is 0 Å². The lowest BCUT2D eigenvalue weighted by molar-refractivity contribution is 0.400. The Morgan fingerprint density at radius 3 is 2.42 bits per heavy atom. The lowest BCUT2D eigenvalue weighted by Crippen LogP contribution is -2.35. The summed E-state index contributed by atoms with van der Waals surface area (Å²) in [7, 11) is -3.85. The smallest absolute Gasteiger partial charge is 0.238 e. The van der Waals surface area contributed by atoms with Gasteiger partial charge < -0.3 is 5.32 Å². The van der Waals surface area contributed by atoms with Crippen molar-refractivity contribution in [1.82, 2.24) is 5.32 Å². The molecule has 1 aromatic rings. The molecule has 3 N–H and O–H groups in total. The van der Waals surface area contributed by atoms with Crippen LogP contribution in [0.5, 0.6) is 0 Å². The standard InChI is InChI=1S/C13H21FN2O2S/c1-4-16-13(9(2)3)7-10-5-6-11(8-12(10)14)19(15,17)18/h5-6,8-9,13,16H,4,7H2,1-3H3,(H2,15,17,18). The maximum absolute atomic E-state index is 13.9. The molecule has 0 heterocycles. The maximum atomic E-state index is 13.9. The number of rotatable bonds is 6. The van der Waals surface area contributed by atoms with Crippen LogP contribution >= 0.6 is 0 Å². The monoisotopic (exact) mass is 288 g/mol. The lowest BCUT2D eigenvalue weighted by atomic mass is 9.96. The highest BCUT2D eigenvalue weighted by Crippen LogP contribution is 2.17. The van der Waals surface area contributed by atoms with Crippen LogP contribution in [0.25, 0.3) is 0 Å². The van der Waals surface area contributed by atoms with E-state index < -0.39 is 15.8 Å². The van der Waals surface area contributed by atoms with E-state index in [-0.39, 0.29) is 10.9 Å². The molecule has 6 heteroatoms. The van der Waals surface area contributed by atoms with Crippen molar-refractivity contribution in [3.8, 4) is 0 Å². The topological polar surface area (TPSA) is 72.2 Å². The summed E-state index contributed by atoms with van der Waals surface area (Å²) in [5.41, 5.74) is 0.493. The molecule has 1 rings (SSSR count). The van der Waals surface area contributed by atoms with Gasteiger partial charge in [-0.1, -0.05) is 26.8 Å². The Morgan fingerprint density at radius 1 is 1.37 bits per heavy atom. The van der Waals surface area contributed by atoms with Crippen LogP contribution in [0.4, 0.5) is 4.39 Å². The fourth-order valence-electron chi connectivity index (χ4n) is 1.91. The van der Waals surface area contributed by atoms with Crippen molar-refractivity contribution in [2.75, 3.05) is 6.54 Å². The SMILES string of the molecule is CCNC(Cc1ccc(S(N)(=O)=O)cc1F)C(C)C. The summed E-state index contributed by atoms with van der Waals surface area (Å²) in [5.74, 6) is -0.174. The second-order valence-corrected chi connectivity index (χ2v) is 6.47. The number of hydrogen-bond acceptors (Lipinski definition) is 3. The van der Waals surface area contributed by atoms with E-state index in [4.69, 9.17) is 5.14 Å². The first-order chi connectivity index (χ1) is 8.75. The number of nitrogens with one attached hydrogen (secondary N) is 1. The zero-order chi connectivity index (χ0) is 14.6. The molecule has 0 spiro atoms. The van der Waals surface area contributed by atoms with E-state index in [1.165, 1.54) is 12.1 Å². The molecule has 0 saturated heterocycles. The zero-order valence-corrected chi connectivity index (χ0v) is 12.3. The second kappa shape index (κ2) is 6.45. The minimum absolute atomic E-state index is 0.153. The van der Waals surface area contributed by atoms with Crippen molar-refractivity contribution in [2.24, 2.45) is 11.1 Å². The largest absolute Gasteiger partial charge is 0.314 e. The zero-order valence-electron chi connectivity index (χ0n) is 11.5. The predicted octanol–water partition coefficient (Wildman–Crippen LogP) is 1.65. The number of halogens is 1. The molecule has 0 amide bonds. The third kappa shape index (κ3) is 4.56. The number of benzene rings is 1. The molecule has 0 saturated carbocycles. The fraction of sp³-hybridized carbons (Fsp3) is 0.538. The minimum atomic E-state index is -3.85. The van der Waals surface area contributed by atoms with Gasteiger partial charge >= 0.3 is 0 Å². The molecular weight excluding hydrogens is 267 g/mol. The van der Waals surface area contributed by atoms with Gasteiger partial charge in [-0.05, 0) is 36.6 Å². The van der Waals surface area contributed by atoms with Crippen molar-refractivity contribution < 1.29 is 12.8 Å². The van der Waals surface area contributed by atoms with Crippen LogP contribution in [-0.2, 0) is 16.4 Å². The minimum Gasteiger partial charge on any atom is -0.314 e. The predicted molar refractivity (Wildman–Crippen MR) is 73.8 cm³/mol. The summed E-state index contributed by atoms with van der Waals surface area (Å²) >= 11 is 0. The number of primary sulfonamides is 1. The Kier molecular flexibility index (Phi) is 5.46. The molecule has 0 aliphatic rings. The third-order valence-electron chi connectivity index (χ3n) is 3.06. The van der Waals surface area contributed by atoms with Gasteiger partial charge in [0.05, 0.1) is 4.90 Å². The van der Waals surface area contributed by atoms with E-state index in [0.29, 0.717) is 17.9 Å². The van der Waals surface area contributed by atoms with E-state index in [1.54, 1.807) is 0 Å². The van der Waals surface area contributed by atoms with Gasteiger partial charge in [-0.15, -0.1) is 0 Å². The van der Waals surface area contributed by atoms with Crippen LogP contribution < -0.4 is 10.5 Å². The second-order valence-electron chi connectivity index (χ2n) is 4.91. The summed E-state index contributed by atoms with van der Waals surface area (Å²) in [5, 5.41) is 8.26. The Morgan fingerprint density at radius 2 is 2.00 bits per heavy atom. The van der Waals surface area contributed by atoms with Gasteiger partial charge in [0.2, 0.25) is 10.0 Å². The molecule has 0 radical (unpaired) electrons. The van der Waals surface area contributed by atoms with Crippen LogP contribution in [0.15, 0.2) is 23.1 Å². The Balaban J connectivity index is 2.97.